The van der Waals surface area contributed by atoms with Crippen LogP contribution in [0.2, 0.25) is 0 Å². The molecule has 1 nitrogen and oxygen atoms in total. The fraction of sp³-hybridized carbons (Fsp3) is 0.333. The van der Waals surface area contributed by atoms with Crippen molar-refractivity contribution in [1.82, 2.24) is 0 Å². The second-order valence-electron chi connectivity index (χ2n) is 2.93. The van der Waals surface area contributed by atoms with Gasteiger partial charge in [0.1, 0.15) is 0 Å². The topological polar surface area (TPSA) is 26.0 Å². The van der Waals surface area contributed by atoms with Gasteiger partial charge in [-0.2, -0.15) is 0 Å². The maximum absolute atomic E-state index is 12.4. The first-order valence-electron chi connectivity index (χ1n) is 3.83. The van der Waals surface area contributed by atoms with Crippen LogP contribution in [0.15, 0.2) is 29.2 Å². The van der Waals surface area contributed by atoms with Crippen molar-refractivity contribution >= 4 is 17.4 Å². The molecule has 0 aliphatic rings. The second kappa shape index (κ2) is 3.96. The molecule has 0 unspecified atom stereocenters. The molecule has 13 heavy (non-hydrogen) atoms. The van der Waals surface area contributed by atoms with E-state index in [-0.39, 0.29) is 5.75 Å². The van der Waals surface area contributed by atoms with Crippen LogP contribution in [0.1, 0.15) is 6.92 Å². The van der Waals surface area contributed by atoms with Gasteiger partial charge in [0.05, 0.1) is 5.75 Å². The van der Waals surface area contributed by atoms with Crippen molar-refractivity contribution in [1.29, 1.82) is 0 Å². The van der Waals surface area contributed by atoms with E-state index in [2.05, 4.69) is 0 Å². The molecule has 0 amide bonds. The number of benzene rings is 1. The molecule has 1 aromatic rings. The molecule has 0 heterocycles. The Morgan fingerprint density at radius 2 is 1.85 bits per heavy atom. The van der Waals surface area contributed by atoms with E-state index in [9.17, 15) is 8.78 Å². The quantitative estimate of drug-likeness (QED) is 0.603. The molecule has 0 fully saturated rings. The number of halogens is 2. The highest BCUT2D eigenvalue weighted by atomic mass is 32.2. The number of nitrogens with two attached hydrogens (primary N) is 1. The Morgan fingerprint density at radius 1 is 1.31 bits per heavy atom. The van der Waals surface area contributed by atoms with Crippen molar-refractivity contribution in [3.05, 3.63) is 24.3 Å². The van der Waals surface area contributed by atoms with Crippen LogP contribution >= 0.6 is 11.8 Å². The summed E-state index contributed by atoms with van der Waals surface area (Å²) in [5.74, 6) is -2.82. The Bertz CT molecular complexity index is 266. The van der Waals surface area contributed by atoms with Gasteiger partial charge in [-0.05, 0) is 24.3 Å². The summed E-state index contributed by atoms with van der Waals surface area (Å²) in [6, 6.07) is 6.89. The predicted molar refractivity (Wildman–Crippen MR) is 52.2 cm³/mol. The van der Waals surface area contributed by atoms with E-state index in [1.807, 2.05) is 0 Å². The molecule has 1 rings (SSSR count). The van der Waals surface area contributed by atoms with Crippen LogP contribution in [0.4, 0.5) is 14.5 Å². The third-order valence-corrected chi connectivity index (χ3v) is 2.63. The van der Waals surface area contributed by atoms with Crippen molar-refractivity contribution in [3.8, 4) is 0 Å². The maximum atomic E-state index is 12.4. The van der Waals surface area contributed by atoms with Crippen molar-refractivity contribution < 1.29 is 8.78 Å². The van der Waals surface area contributed by atoms with Crippen LogP contribution in [0, 0.1) is 0 Å². The molecular weight excluding hydrogens is 192 g/mol. The molecular formula is C9H11F2NS. The summed E-state index contributed by atoms with van der Waals surface area (Å²) in [5, 5.41) is 0. The maximum Gasteiger partial charge on any atom is 0.254 e. The van der Waals surface area contributed by atoms with Gasteiger partial charge in [-0.15, -0.1) is 11.8 Å². The molecule has 2 N–H and O–H groups in total. The van der Waals surface area contributed by atoms with Gasteiger partial charge in [-0.3, -0.25) is 0 Å². The fourth-order valence-electron chi connectivity index (χ4n) is 0.774. The summed E-state index contributed by atoms with van der Waals surface area (Å²) in [7, 11) is 0. The molecule has 72 valence electrons. The van der Waals surface area contributed by atoms with Crippen LogP contribution in [0.25, 0.3) is 0 Å². The number of hydrogen-bond donors (Lipinski definition) is 1. The average Bonchev–Trinajstić information content (AvgIpc) is 2.02. The van der Waals surface area contributed by atoms with E-state index in [0.717, 1.165) is 23.6 Å². The summed E-state index contributed by atoms with van der Waals surface area (Å²) in [5.41, 5.74) is 6.10. The first-order chi connectivity index (χ1) is 5.97. The Morgan fingerprint density at radius 3 is 2.31 bits per heavy atom. The highest BCUT2D eigenvalue weighted by Gasteiger charge is 2.20. The van der Waals surface area contributed by atoms with E-state index >= 15 is 0 Å². The Kier molecular flexibility index (Phi) is 3.14. The summed E-state index contributed by atoms with van der Waals surface area (Å²) in [6.07, 6.45) is 0. The Hall–Kier alpha value is -0.770. The molecule has 0 spiro atoms. The summed E-state index contributed by atoms with van der Waals surface area (Å²) >= 11 is 1.13. The number of rotatable bonds is 3. The zero-order valence-corrected chi connectivity index (χ0v) is 8.07. The number of hydrogen-bond acceptors (Lipinski definition) is 2. The predicted octanol–water partition coefficient (Wildman–Crippen LogP) is 3.02. The van der Waals surface area contributed by atoms with Gasteiger partial charge in [-0.1, -0.05) is 0 Å². The monoisotopic (exact) mass is 203 g/mol. The van der Waals surface area contributed by atoms with Gasteiger partial charge < -0.3 is 5.73 Å². The van der Waals surface area contributed by atoms with Gasteiger partial charge >= 0.3 is 0 Å². The van der Waals surface area contributed by atoms with Gasteiger partial charge in [0, 0.05) is 17.5 Å². The molecule has 0 radical (unpaired) electrons. The third-order valence-electron chi connectivity index (χ3n) is 1.37. The first kappa shape index (κ1) is 10.3. The minimum atomic E-state index is -2.62. The van der Waals surface area contributed by atoms with E-state index in [1.54, 1.807) is 24.3 Å². The van der Waals surface area contributed by atoms with Crippen LogP contribution in [-0.2, 0) is 0 Å². The van der Waals surface area contributed by atoms with E-state index in [0.29, 0.717) is 5.69 Å². The molecule has 0 aliphatic heterocycles. The van der Waals surface area contributed by atoms with E-state index in [1.165, 1.54) is 0 Å². The fourth-order valence-corrected chi connectivity index (χ4v) is 1.52. The van der Waals surface area contributed by atoms with Crippen LogP contribution in [-0.4, -0.2) is 11.7 Å². The van der Waals surface area contributed by atoms with Crippen molar-refractivity contribution in [3.63, 3.8) is 0 Å². The molecule has 1 aromatic carbocycles. The lowest BCUT2D eigenvalue weighted by Crippen LogP contribution is -2.12. The third kappa shape index (κ3) is 4.12. The minimum Gasteiger partial charge on any atom is -0.399 e. The largest absolute Gasteiger partial charge is 0.399 e. The smallest absolute Gasteiger partial charge is 0.254 e. The number of nitrogen functional groups attached to an aromatic ring is 1. The Labute approximate surface area is 80.3 Å². The molecule has 4 heteroatoms. The summed E-state index contributed by atoms with van der Waals surface area (Å²) in [4.78, 5) is 0.815. The highest BCUT2D eigenvalue weighted by molar-refractivity contribution is 7.99. The van der Waals surface area contributed by atoms with Crippen molar-refractivity contribution in [2.24, 2.45) is 0 Å². The molecule has 0 bridgehead atoms. The molecule has 0 atom stereocenters. The van der Waals surface area contributed by atoms with Gasteiger partial charge in [-0.25, -0.2) is 8.78 Å². The number of thioether (sulfide) groups is 1. The second-order valence-corrected chi connectivity index (χ2v) is 3.98. The lowest BCUT2D eigenvalue weighted by atomic mass is 10.3. The van der Waals surface area contributed by atoms with Crippen LogP contribution < -0.4 is 5.73 Å². The lowest BCUT2D eigenvalue weighted by Gasteiger charge is -2.08. The zero-order valence-electron chi connectivity index (χ0n) is 7.26. The minimum absolute atomic E-state index is 0.198. The number of alkyl halides is 2. The standard InChI is InChI=1S/C9H11F2NS/c1-9(10,11)6-13-8-4-2-7(12)3-5-8/h2-5H,6,12H2,1H3. The average molecular weight is 203 g/mol. The Balaban J connectivity index is 2.51. The lowest BCUT2D eigenvalue weighted by molar-refractivity contribution is 0.0492. The molecule has 0 aliphatic carbocycles. The number of anilines is 1. The first-order valence-corrected chi connectivity index (χ1v) is 4.82. The highest BCUT2D eigenvalue weighted by Crippen LogP contribution is 2.26. The zero-order chi connectivity index (χ0) is 9.90. The SMILES string of the molecule is CC(F)(F)CSc1ccc(N)cc1. The van der Waals surface area contributed by atoms with Crippen LogP contribution in [0.5, 0.6) is 0 Å². The van der Waals surface area contributed by atoms with E-state index in [4.69, 9.17) is 5.73 Å². The van der Waals surface area contributed by atoms with Gasteiger partial charge in [0.25, 0.3) is 5.92 Å². The molecule has 0 saturated heterocycles. The normalized spacial score (nSPS) is 11.6. The summed E-state index contributed by atoms with van der Waals surface area (Å²) in [6.45, 7) is 0.914. The van der Waals surface area contributed by atoms with Gasteiger partial charge in [0.2, 0.25) is 0 Å². The van der Waals surface area contributed by atoms with Gasteiger partial charge in [0.15, 0.2) is 0 Å². The molecule has 0 aromatic heterocycles. The van der Waals surface area contributed by atoms with Crippen LogP contribution in [0.3, 0.4) is 0 Å². The summed E-state index contributed by atoms with van der Waals surface area (Å²) < 4.78 is 24.9. The van der Waals surface area contributed by atoms with Crippen molar-refractivity contribution in [2.45, 2.75) is 17.7 Å². The molecule has 0 saturated carbocycles. The van der Waals surface area contributed by atoms with E-state index < -0.39 is 5.92 Å². The van der Waals surface area contributed by atoms with Crippen molar-refractivity contribution in [2.75, 3.05) is 11.5 Å².